The van der Waals surface area contributed by atoms with Crippen molar-refractivity contribution in [3.05, 3.63) is 0 Å². The minimum atomic E-state index is -3.83. The summed E-state index contributed by atoms with van der Waals surface area (Å²) in [4.78, 5) is 0. The highest BCUT2D eigenvalue weighted by atomic mass is 32.2. The zero-order valence-electron chi connectivity index (χ0n) is 19.6. The molecular weight excluding hydrogens is 372 g/mol. The minimum absolute atomic E-state index is 0.130. The van der Waals surface area contributed by atoms with E-state index in [1.807, 2.05) is 0 Å². The van der Waals surface area contributed by atoms with Crippen molar-refractivity contribution in [2.75, 3.05) is 60.1 Å². The standard InChI is InChI=1S/C22H49N2O3S/c1-6-7-8-9-10-11-12-13-14-15-18-23(2,3)19-16-20-24(4,5)21-17-22-28(25,26)27/h6-22H2,1-5H3/q+1/p+1. The van der Waals surface area contributed by atoms with E-state index < -0.39 is 10.1 Å². The van der Waals surface area contributed by atoms with E-state index in [0.717, 1.165) is 35.0 Å². The number of rotatable bonds is 19. The van der Waals surface area contributed by atoms with Crippen molar-refractivity contribution in [2.45, 2.75) is 84.0 Å². The Balaban J connectivity index is 3.73. The largest absolute Gasteiger partial charge is 0.328 e. The first-order chi connectivity index (χ1) is 13.0. The second-order valence-electron chi connectivity index (χ2n) is 9.94. The number of nitrogens with zero attached hydrogens (tertiary/aromatic N) is 2. The summed E-state index contributed by atoms with van der Waals surface area (Å²) in [6.45, 7) is 6.51. The van der Waals surface area contributed by atoms with E-state index in [-0.39, 0.29) is 5.75 Å². The van der Waals surface area contributed by atoms with Gasteiger partial charge in [0.15, 0.2) is 0 Å². The topological polar surface area (TPSA) is 54.4 Å². The molecule has 0 saturated heterocycles. The molecule has 1 N–H and O–H groups in total. The van der Waals surface area contributed by atoms with Gasteiger partial charge in [-0.1, -0.05) is 58.3 Å². The van der Waals surface area contributed by atoms with Crippen molar-refractivity contribution >= 4 is 10.1 Å². The maximum Gasteiger partial charge on any atom is 0.265 e. The third-order valence-electron chi connectivity index (χ3n) is 5.81. The summed E-state index contributed by atoms with van der Waals surface area (Å²) in [7, 11) is 5.11. The van der Waals surface area contributed by atoms with Crippen molar-refractivity contribution in [1.29, 1.82) is 0 Å². The first-order valence-electron chi connectivity index (χ1n) is 11.6. The Bertz CT molecular complexity index is 476. The average molecular weight is 423 g/mol. The van der Waals surface area contributed by atoms with E-state index in [4.69, 9.17) is 4.55 Å². The summed E-state index contributed by atoms with van der Waals surface area (Å²) < 4.78 is 32.4. The smallest absolute Gasteiger partial charge is 0.265 e. The van der Waals surface area contributed by atoms with E-state index in [1.54, 1.807) is 0 Å². The van der Waals surface area contributed by atoms with Crippen molar-refractivity contribution in [1.82, 2.24) is 0 Å². The molecule has 0 amide bonds. The summed E-state index contributed by atoms with van der Waals surface area (Å²) >= 11 is 0. The highest BCUT2D eigenvalue weighted by molar-refractivity contribution is 7.85. The molecule has 0 aliphatic heterocycles. The summed E-state index contributed by atoms with van der Waals surface area (Å²) in [5, 5.41) is 0. The lowest BCUT2D eigenvalue weighted by Crippen LogP contribution is -2.46. The molecule has 0 saturated carbocycles. The van der Waals surface area contributed by atoms with Crippen molar-refractivity contribution < 1.29 is 21.9 Å². The van der Waals surface area contributed by atoms with Crippen LogP contribution in [0, 0.1) is 0 Å². The predicted molar refractivity (Wildman–Crippen MR) is 121 cm³/mol. The van der Waals surface area contributed by atoms with Gasteiger partial charge in [0.25, 0.3) is 10.1 Å². The summed E-state index contributed by atoms with van der Waals surface area (Å²) in [6, 6.07) is 0. The van der Waals surface area contributed by atoms with Gasteiger partial charge in [-0.05, 0) is 12.8 Å². The Morgan fingerprint density at radius 3 is 1.36 bits per heavy atom. The van der Waals surface area contributed by atoms with E-state index in [1.165, 1.54) is 70.8 Å². The fourth-order valence-electron chi connectivity index (χ4n) is 3.85. The Hall–Kier alpha value is -0.170. The van der Waals surface area contributed by atoms with Crippen LogP contribution in [0.5, 0.6) is 0 Å². The van der Waals surface area contributed by atoms with Gasteiger partial charge in [-0.15, -0.1) is 0 Å². The summed E-state index contributed by atoms with van der Waals surface area (Å²) in [6.07, 6.45) is 15.5. The molecule has 0 aromatic carbocycles. The molecule has 0 spiro atoms. The molecule has 0 atom stereocenters. The van der Waals surface area contributed by atoms with Crippen LogP contribution in [0.1, 0.15) is 84.0 Å². The third-order valence-corrected chi connectivity index (χ3v) is 6.61. The number of quaternary nitrogens is 2. The van der Waals surface area contributed by atoms with Gasteiger partial charge in [-0.3, -0.25) is 4.55 Å². The second kappa shape index (κ2) is 14.8. The molecule has 0 unspecified atom stereocenters. The van der Waals surface area contributed by atoms with Crippen LogP contribution in [-0.2, 0) is 10.1 Å². The number of unbranched alkanes of at least 4 members (excludes halogenated alkanes) is 9. The maximum atomic E-state index is 10.8. The van der Waals surface area contributed by atoms with Crippen molar-refractivity contribution in [3.63, 3.8) is 0 Å². The van der Waals surface area contributed by atoms with Crippen LogP contribution in [0.25, 0.3) is 0 Å². The normalized spacial score (nSPS) is 13.2. The fraction of sp³-hybridized carbons (Fsp3) is 1.00. The zero-order chi connectivity index (χ0) is 21.5. The summed E-state index contributed by atoms with van der Waals surface area (Å²) in [5.41, 5.74) is 0. The molecular formula is C22H50N2O3S+2. The van der Waals surface area contributed by atoms with E-state index in [9.17, 15) is 8.42 Å². The van der Waals surface area contributed by atoms with Crippen LogP contribution in [0.2, 0.25) is 0 Å². The van der Waals surface area contributed by atoms with E-state index >= 15 is 0 Å². The van der Waals surface area contributed by atoms with Gasteiger partial charge in [0, 0.05) is 12.8 Å². The van der Waals surface area contributed by atoms with Crippen LogP contribution in [0.4, 0.5) is 0 Å². The lowest BCUT2D eigenvalue weighted by Gasteiger charge is -2.33. The molecule has 0 aromatic heterocycles. The number of hydrogen-bond acceptors (Lipinski definition) is 2. The minimum Gasteiger partial charge on any atom is -0.328 e. The quantitative estimate of drug-likeness (QED) is 0.186. The zero-order valence-corrected chi connectivity index (χ0v) is 20.4. The van der Waals surface area contributed by atoms with Gasteiger partial charge < -0.3 is 8.97 Å². The van der Waals surface area contributed by atoms with Gasteiger partial charge in [-0.2, -0.15) is 8.42 Å². The molecule has 0 rings (SSSR count). The van der Waals surface area contributed by atoms with Gasteiger partial charge >= 0.3 is 0 Å². The summed E-state index contributed by atoms with van der Waals surface area (Å²) in [5.74, 6) is -0.130. The SMILES string of the molecule is CCCCCCCCCCCC[N+](C)(C)CCC[N+](C)(C)CCCS(=O)(=O)O. The first kappa shape index (κ1) is 27.8. The molecule has 0 aromatic rings. The second-order valence-corrected chi connectivity index (χ2v) is 11.5. The van der Waals surface area contributed by atoms with E-state index in [2.05, 4.69) is 35.1 Å². The fourth-order valence-corrected chi connectivity index (χ4v) is 4.35. The van der Waals surface area contributed by atoms with Gasteiger partial charge in [-0.25, -0.2) is 0 Å². The predicted octanol–water partition coefficient (Wildman–Crippen LogP) is 4.73. The Kier molecular flexibility index (Phi) is 14.7. The first-order valence-corrected chi connectivity index (χ1v) is 13.2. The lowest BCUT2D eigenvalue weighted by molar-refractivity contribution is -0.909. The maximum absolute atomic E-state index is 10.8. The number of hydrogen-bond donors (Lipinski definition) is 1. The average Bonchev–Trinajstić information content (AvgIpc) is 2.54. The van der Waals surface area contributed by atoms with Crippen molar-refractivity contribution in [2.24, 2.45) is 0 Å². The van der Waals surface area contributed by atoms with Gasteiger partial charge in [0.1, 0.15) is 0 Å². The van der Waals surface area contributed by atoms with Crippen LogP contribution in [-0.4, -0.2) is 82.1 Å². The molecule has 28 heavy (non-hydrogen) atoms. The van der Waals surface area contributed by atoms with Crippen LogP contribution < -0.4 is 0 Å². The Labute approximate surface area is 176 Å². The molecule has 6 heteroatoms. The molecule has 0 heterocycles. The highest BCUT2D eigenvalue weighted by Crippen LogP contribution is 2.12. The van der Waals surface area contributed by atoms with Crippen LogP contribution in [0.3, 0.4) is 0 Å². The van der Waals surface area contributed by atoms with Crippen LogP contribution in [0.15, 0.2) is 0 Å². The Morgan fingerprint density at radius 1 is 0.571 bits per heavy atom. The van der Waals surface area contributed by atoms with E-state index in [0.29, 0.717) is 6.42 Å². The molecule has 0 aliphatic rings. The molecule has 0 fully saturated rings. The molecule has 0 bridgehead atoms. The van der Waals surface area contributed by atoms with Gasteiger partial charge in [0.2, 0.25) is 0 Å². The monoisotopic (exact) mass is 422 g/mol. The molecule has 0 aliphatic carbocycles. The molecule has 170 valence electrons. The lowest BCUT2D eigenvalue weighted by atomic mass is 10.1. The highest BCUT2D eigenvalue weighted by Gasteiger charge is 2.20. The Morgan fingerprint density at radius 2 is 0.929 bits per heavy atom. The molecule has 5 nitrogen and oxygen atoms in total. The van der Waals surface area contributed by atoms with Crippen molar-refractivity contribution in [3.8, 4) is 0 Å². The third kappa shape index (κ3) is 19.2. The van der Waals surface area contributed by atoms with Crippen LogP contribution >= 0.6 is 0 Å². The molecule has 0 radical (unpaired) electrons. The van der Waals surface area contributed by atoms with Gasteiger partial charge in [0.05, 0.1) is 60.1 Å².